The van der Waals surface area contributed by atoms with Gasteiger partial charge in [0.25, 0.3) is 5.91 Å². The van der Waals surface area contributed by atoms with Crippen molar-refractivity contribution in [3.63, 3.8) is 0 Å². The average molecular weight is 542 g/mol. The van der Waals surface area contributed by atoms with Crippen molar-refractivity contribution in [1.82, 2.24) is 18.9 Å². The van der Waals surface area contributed by atoms with Crippen LogP contribution in [-0.4, -0.2) is 50.0 Å². The lowest BCUT2D eigenvalue weighted by molar-refractivity contribution is 0.0373. The number of pyridine rings is 1. The SMILES string of the molecule is Cc1c(-c2cc3ccccc3n2Cc2ccc(Cl)cc2)nc2cc(C(=O)N3CCC[C@@H](OC(N)=O)C3)ccn12. The van der Waals surface area contributed by atoms with Gasteiger partial charge >= 0.3 is 6.09 Å². The summed E-state index contributed by atoms with van der Waals surface area (Å²) in [5.41, 5.74) is 11.5. The van der Waals surface area contributed by atoms with Gasteiger partial charge in [-0.05, 0) is 61.7 Å². The fraction of sp³-hybridized carbons (Fsp3) is 0.233. The number of benzene rings is 2. The standard InChI is InChI=1S/C30H28ClN5O3/c1-19-28(26-15-21-5-2-3-7-25(21)36(26)17-20-8-10-23(31)11-9-20)33-27-16-22(12-14-35(19)27)29(37)34-13-4-6-24(18-34)39-30(32)38/h2-3,5,7-12,14-16,24H,4,6,13,17-18H2,1H3,(H2,32,38)/t24-/m1/s1. The van der Waals surface area contributed by atoms with Gasteiger partial charge in [-0.2, -0.15) is 0 Å². The Morgan fingerprint density at radius 3 is 2.69 bits per heavy atom. The lowest BCUT2D eigenvalue weighted by Crippen LogP contribution is -2.44. The van der Waals surface area contributed by atoms with Crippen LogP contribution in [0.15, 0.2) is 72.9 Å². The van der Waals surface area contributed by atoms with Crippen molar-refractivity contribution >= 4 is 40.2 Å². The summed E-state index contributed by atoms with van der Waals surface area (Å²) in [6.07, 6.45) is 2.13. The molecular formula is C30H28ClN5O3. The summed E-state index contributed by atoms with van der Waals surface area (Å²) in [5.74, 6) is -0.116. The summed E-state index contributed by atoms with van der Waals surface area (Å²) in [4.78, 5) is 31.2. The Balaban J connectivity index is 1.36. The number of piperidine rings is 1. The van der Waals surface area contributed by atoms with Gasteiger partial charge in [-0.1, -0.05) is 41.9 Å². The highest BCUT2D eigenvalue weighted by atomic mass is 35.5. The number of fused-ring (bicyclic) bond motifs is 2. The largest absolute Gasteiger partial charge is 0.445 e. The topological polar surface area (TPSA) is 94.9 Å². The predicted molar refractivity (Wildman–Crippen MR) is 151 cm³/mol. The number of para-hydroxylation sites is 1. The second kappa shape index (κ2) is 10.1. The molecule has 1 saturated heterocycles. The average Bonchev–Trinajstić information content (AvgIpc) is 3.46. The molecule has 198 valence electrons. The molecule has 9 heteroatoms. The van der Waals surface area contributed by atoms with Crippen LogP contribution in [-0.2, 0) is 11.3 Å². The maximum Gasteiger partial charge on any atom is 0.404 e. The van der Waals surface area contributed by atoms with Crippen LogP contribution in [0, 0.1) is 6.92 Å². The minimum Gasteiger partial charge on any atom is -0.445 e. The molecule has 0 saturated carbocycles. The molecule has 0 spiro atoms. The first-order valence-electron chi connectivity index (χ1n) is 12.9. The minimum absolute atomic E-state index is 0.116. The molecule has 1 atom stereocenters. The number of ether oxygens (including phenoxy) is 1. The number of nitrogens with zero attached hydrogens (tertiary/aromatic N) is 4. The summed E-state index contributed by atoms with van der Waals surface area (Å²) in [6, 6.07) is 22.0. The van der Waals surface area contributed by atoms with Crippen LogP contribution in [0.25, 0.3) is 27.9 Å². The quantitative estimate of drug-likeness (QED) is 0.310. The van der Waals surface area contributed by atoms with Gasteiger partial charge in [0, 0.05) is 46.5 Å². The molecule has 2 aromatic carbocycles. The molecule has 39 heavy (non-hydrogen) atoms. The van der Waals surface area contributed by atoms with Crippen molar-refractivity contribution in [3.05, 3.63) is 94.8 Å². The third-order valence-electron chi connectivity index (χ3n) is 7.37. The Morgan fingerprint density at radius 2 is 1.90 bits per heavy atom. The number of hydrogen-bond acceptors (Lipinski definition) is 4. The van der Waals surface area contributed by atoms with Crippen LogP contribution >= 0.6 is 11.6 Å². The van der Waals surface area contributed by atoms with Crippen LogP contribution < -0.4 is 5.73 Å². The fourth-order valence-corrected chi connectivity index (χ4v) is 5.58. The van der Waals surface area contributed by atoms with E-state index < -0.39 is 6.09 Å². The molecule has 1 fully saturated rings. The van der Waals surface area contributed by atoms with Gasteiger partial charge in [-0.15, -0.1) is 0 Å². The van der Waals surface area contributed by atoms with Gasteiger partial charge in [-0.25, -0.2) is 9.78 Å². The first kappa shape index (κ1) is 25.0. The molecule has 8 nitrogen and oxygen atoms in total. The molecule has 1 aliphatic rings. The molecule has 0 unspecified atom stereocenters. The normalized spacial score (nSPS) is 15.6. The van der Waals surface area contributed by atoms with Crippen molar-refractivity contribution in [1.29, 1.82) is 0 Å². The van der Waals surface area contributed by atoms with E-state index in [1.165, 1.54) is 0 Å². The number of hydrogen-bond donors (Lipinski definition) is 1. The molecule has 2 N–H and O–H groups in total. The van der Waals surface area contributed by atoms with Gasteiger partial charge in [0.2, 0.25) is 0 Å². The summed E-state index contributed by atoms with van der Waals surface area (Å²) in [7, 11) is 0. The number of carbonyl (C=O) groups is 2. The van der Waals surface area contributed by atoms with E-state index in [9.17, 15) is 9.59 Å². The third-order valence-corrected chi connectivity index (χ3v) is 7.62. The Labute approximate surface area is 230 Å². The van der Waals surface area contributed by atoms with Crippen LogP contribution in [0.2, 0.25) is 5.02 Å². The van der Waals surface area contributed by atoms with Crippen LogP contribution in [0.3, 0.4) is 0 Å². The maximum atomic E-state index is 13.3. The van der Waals surface area contributed by atoms with E-state index in [1.54, 1.807) is 4.90 Å². The number of carbonyl (C=O) groups excluding carboxylic acids is 2. The van der Waals surface area contributed by atoms with E-state index in [0.29, 0.717) is 42.3 Å². The van der Waals surface area contributed by atoms with E-state index in [4.69, 9.17) is 27.1 Å². The van der Waals surface area contributed by atoms with E-state index in [2.05, 4.69) is 22.8 Å². The molecule has 6 rings (SSSR count). The van der Waals surface area contributed by atoms with E-state index >= 15 is 0 Å². The van der Waals surface area contributed by atoms with Crippen molar-refractivity contribution in [2.24, 2.45) is 5.73 Å². The van der Waals surface area contributed by atoms with Crippen molar-refractivity contribution in [2.45, 2.75) is 32.4 Å². The zero-order valence-corrected chi connectivity index (χ0v) is 22.3. The Hall–Kier alpha value is -4.30. The lowest BCUT2D eigenvalue weighted by atomic mass is 10.1. The lowest BCUT2D eigenvalue weighted by Gasteiger charge is -2.32. The van der Waals surface area contributed by atoms with Gasteiger partial charge in [0.15, 0.2) is 0 Å². The fourth-order valence-electron chi connectivity index (χ4n) is 5.46. The summed E-state index contributed by atoms with van der Waals surface area (Å²) in [6.45, 7) is 3.64. The zero-order valence-electron chi connectivity index (χ0n) is 21.5. The number of imidazole rings is 1. The highest BCUT2D eigenvalue weighted by Gasteiger charge is 2.27. The van der Waals surface area contributed by atoms with E-state index in [0.717, 1.165) is 40.0 Å². The summed E-state index contributed by atoms with van der Waals surface area (Å²) < 4.78 is 9.43. The zero-order chi connectivity index (χ0) is 27.1. The molecule has 0 bridgehead atoms. The van der Waals surface area contributed by atoms with Crippen LogP contribution in [0.5, 0.6) is 0 Å². The molecule has 1 aliphatic heterocycles. The van der Waals surface area contributed by atoms with Crippen molar-refractivity contribution in [2.75, 3.05) is 13.1 Å². The monoisotopic (exact) mass is 541 g/mol. The number of aryl methyl sites for hydroxylation is 1. The molecule has 2 amide bonds. The van der Waals surface area contributed by atoms with Crippen molar-refractivity contribution < 1.29 is 14.3 Å². The van der Waals surface area contributed by atoms with Crippen molar-refractivity contribution in [3.8, 4) is 11.4 Å². The highest BCUT2D eigenvalue weighted by Crippen LogP contribution is 2.32. The van der Waals surface area contributed by atoms with Crippen LogP contribution in [0.1, 0.15) is 34.5 Å². The number of primary amides is 1. The Morgan fingerprint density at radius 1 is 1.10 bits per heavy atom. The van der Waals surface area contributed by atoms with Gasteiger partial charge in [-0.3, -0.25) is 4.79 Å². The molecular weight excluding hydrogens is 514 g/mol. The highest BCUT2D eigenvalue weighted by molar-refractivity contribution is 6.30. The van der Waals surface area contributed by atoms with Gasteiger partial charge in [0.05, 0.1) is 12.2 Å². The molecule has 0 aliphatic carbocycles. The molecule has 3 aromatic heterocycles. The number of rotatable bonds is 5. The number of likely N-dealkylation sites (tertiary alicyclic amines) is 1. The Kier molecular flexibility index (Phi) is 6.48. The number of nitrogens with two attached hydrogens (primary N) is 1. The van der Waals surface area contributed by atoms with Crippen LogP contribution in [0.4, 0.5) is 4.79 Å². The van der Waals surface area contributed by atoms with E-state index in [-0.39, 0.29) is 12.0 Å². The first-order valence-corrected chi connectivity index (χ1v) is 13.3. The smallest absolute Gasteiger partial charge is 0.404 e. The number of aromatic nitrogens is 3. The van der Waals surface area contributed by atoms with Gasteiger partial charge in [0.1, 0.15) is 17.4 Å². The Bertz CT molecular complexity index is 1710. The second-order valence-corrected chi connectivity index (χ2v) is 10.4. The van der Waals surface area contributed by atoms with Gasteiger partial charge < -0.3 is 24.3 Å². The maximum absolute atomic E-state index is 13.3. The summed E-state index contributed by atoms with van der Waals surface area (Å²) >= 11 is 6.12. The minimum atomic E-state index is -0.815. The molecule has 4 heterocycles. The third kappa shape index (κ3) is 4.83. The molecule has 5 aromatic rings. The first-order chi connectivity index (χ1) is 18.9. The summed E-state index contributed by atoms with van der Waals surface area (Å²) in [5, 5.41) is 1.84. The second-order valence-electron chi connectivity index (χ2n) is 9.94. The molecule has 0 radical (unpaired) electrons. The number of halogens is 1. The van der Waals surface area contributed by atoms with E-state index in [1.807, 2.05) is 66.1 Å². The number of amides is 2. The predicted octanol–water partition coefficient (Wildman–Crippen LogP) is 5.67.